The first kappa shape index (κ1) is 13.5. The number of fused-ring (bicyclic) bond motifs is 1. The normalized spacial score (nSPS) is 8.67. The number of hydrogen-bond donors (Lipinski definition) is 0. The molecule has 2 aromatic rings. The van der Waals surface area contributed by atoms with Crippen LogP contribution in [0, 0.1) is 13.8 Å². The van der Waals surface area contributed by atoms with E-state index in [1.54, 1.807) is 6.20 Å². The minimum atomic E-state index is 0.676. The van der Waals surface area contributed by atoms with Crippen molar-refractivity contribution in [1.82, 2.24) is 15.1 Å². The average Bonchev–Trinajstić information content (AvgIpc) is 2.72. The molecular weight excluding hydrogens is 190 g/mol. The van der Waals surface area contributed by atoms with Gasteiger partial charge in [-0.25, -0.2) is 9.97 Å². The van der Waals surface area contributed by atoms with Crippen molar-refractivity contribution in [2.75, 3.05) is 0 Å². The molecule has 0 fully saturated rings. The van der Waals surface area contributed by atoms with E-state index in [-0.39, 0.29) is 0 Å². The van der Waals surface area contributed by atoms with E-state index in [1.807, 2.05) is 41.5 Å². The van der Waals surface area contributed by atoms with Crippen molar-refractivity contribution < 1.29 is 4.52 Å². The van der Waals surface area contributed by atoms with Gasteiger partial charge < -0.3 is 4.52 Å². The predicted molar refractivity (Wildman–Crippen MR) is 61.8 cm³/mol. The molecule has 0 aliphatic carbocycles. The molecule has 4 heteroatoms. The van der Waals surface area contributed by atoms with E-state index >= 15 is 0 Å². The SMILES string of the molecule is CC.CC.Cc1nc(C)c2oncc2n1. The third-order valence-corrected chi connectivity index (χ3v) is 1.49. The number of aryl methyl sites for hydroxylation is 2. The molecule has 2 heterocycles. The minimum absolute atomic E-state index is 0.676. The van der Waals surface area contributed by atoms with Crippen molar-refractivity contribution in [3.05, 3.63) is 17.7 Å². The first-order chi connectivity index (χ1) is 7.27. The molecule has 0 unspecified atom stereocenters. The van der Waals surface area contributed by atoms with Crippen molar-refractivity contribution in [3.63, 3.8) is 0 Å². The summed E-state index contributed by atoms with van der Waals surface area (Å²) in [5.74, 6) is 0.748. The Kier molecular flexibility index (Phi) is 6.25. The van der Waals surface area contributed by atoms with Gasteiger partial charge in [0.15, 0.2) is 0 Å². The molecule has 0 atom stereocenters. The molecular formula is C11H19N3O. The Labute approximate surface area is 90.7 Å². The maximum Gasteiger partial charge on any atom is 0.206 e. The Morgan fingerprint density at radius 3 is 2.20 bits per heavy atom. The second-order valence-corrected chi connectivity index (χ2v) is 2.40. The van der Waals surface area contributed by atoms with Crippen LogP contribution in [0.2, 0.25) is 0 Å². The van der Waals surface area contributed by atoms with E-state index < -0.39 is 0 Å². The largest absolute Gasteiger partial charge is 0.353 e. The predicted octanol–water partition coefficient (Wildman–Crippen LogP) is 3.29. The van der Waals surface area contributed by atoms with E-state index in [1.165, 1.54) is 0 Å². The van der Waals surface area contributed by atoms with Crippen molar-refractivity contribution in [2.24, 2.45) is 0 Å². The summed E-state index contributed by atoms with van der Waals surface area (Å²) in [6.07, 6.45) is 1.59. The van der Waals surface area contributed by atoms with Gasteiger partial charge in [0.25, 0.3) is 0 Å². The van der Waals surface area contributed by atoms with Crippen LogP contribution in [-0.4, -0.2) is 15.1 Å². The summed E-state index contributed by atoms with van der Waals surface area (Å²) in [5.41, 5.74) is 2.29. The Morgan fingerprint density at radius 1 is 1.00 bits per heavy atom. The Hall–Kier alpha value is -1.45. The third kappa shape index (κ3) is 3.31. The highest BCUT2D eigenvalue weighted by atomic mass is 16.5. The molecule has 0 radical (unpaired) electrons. The fourth-order valence-electron chi connectivity index (χ4n) is 1.06. The van der Waals surface area contributed by atoms with Gasteiger partial charge >= 0.3 is 0 Å². The van der Waals surface area contributed by atoms with Gasteiger partial charge in [0, 0.05) is 0 Å². The zero-order chi connectivity index (χ0) is 11.8. The maximum absolute atomic E-state index is 4.93. The van der Waals surface area contributed by atoms with Gasteiger partial charge in [-0.3, -0.25) is 0 Å². The van der Waals surface area contributed by atoms with Gasteiger partial charge in [0.1, 0.15) is 11.3 Å². The van der Waals surface area contributed by atoms with Gasteiger partial charge in [-0.2, -0.15) is 0 Å². The summed E-state index contributed by atoms with van der Waals surface area (Å²) in [6.45, 7) is 11.7. The molecule has 0 aromatic carbocycles. The molecule has 0 spiro atoms. The summed E-state index contributed by atoms with van der Waals surface area (Å²) < 4.78 is 4.93. The number of nitrogens with zero attached hydrogens (tertiary/aromatic N) is 3. The molecule has 0 aliphatic rings. The van der Waals surface area contributed by atoms with E-state index in [0.29, 0.717) is 5.58 Å². The van der Waals surface area contributed by atoms with E-state index in [9.17, 15) is 0 Å². The number of hydrogen-bond acceptors (Lipinski definition) is 4. The second-order valence-electron chi connectivity index (χ2n) is 2.40. The zero-order valence-electron chi connectivity index (χ0n) is 10.3. The van der Waals surface area contributed by atoms with Crippen molar-refractivity contribution in [1.29, 1.82) is 0 Å². The van der Waals surface area contributed by atoms with Crippen LogP contribution in [0.4, 0.5) is 0 Å². The molecule has 4 nitrogen and oxygen atoms in total. The van der Waals surface area contributed by atoms with Crippen LogP contribution < -0.4 is 0 Å². The Balaban J connectivity index is 0.000000442. The molecule has 2 rings (SSSR count). The highest BCUT2D eigenvalue weighted by Crippen LogP contribution is 2.12. The fraction of sp³-hybridized carbons (Fsp3) is 0.545. The van der Waals surface area contributed by atoms with Crippen molar-refractivity contribution >= 4 is 11.1 Å². The molecule has 0 amide bonds. The highest BCUT2D eigenvalue weighted by Gasteiger charge is 2.04. The van der Waals surface area contributed by atoms with Gasteiger partial charge in [0.2, 0.25) is 5.58 Å². The summed E-state index contributed by atoms with van der Waals surface area (Å²) in [7, 11) is 0. The highest BCUT2D eigenvalue weighted by molar-refractivity contribution is 5.72. The maximum atomic E-state index is 4.93. The molecule has 0 bridgehead atoms. The average molecular weight is 209 g/mol. The van der Waals surface area contributed by atoms with Gasteiger partial charge in [-0.1, -0.05) is 32.9 Å². The van der Waals surface area contributed by atoms with E-state index in [2.05, 4.69) is 15.1 Å². The van der Waals surface area contributed by atoms with Crippen LogP contribution >= 0.6 is 0 Å². The molecule has 2 aromatic heterocycles. The quantitative estimate of drug-likeness (QED) is 0.668. The lowest BCUT2D eigenvalue weighted by Crippen LogP contribution is -1.89. The van der Waals surface area contributed by atoms with Crippen LogP contribution in [0.1, 0.15) is 39.2 Å². The lowest BCUT2D eigenvalue weighted by Gasteiger charge is -1.92. The van der Waals surface area contributed by atoms with Gasteiger partial charge in [-0.05, 0) is 13.8 Å². The van der Waals surface area contributed by atoms with Crippen molar-refractivity contribution in [2.45, 2.75) is 41.5 Å². The van der Waals surface area contributed by atoms with Crippen LogP contribution in [0.5, 0.6) is 0 Å². The second kappa shape index (κ2) is 6.92. The third-order valence-electron chi connectivity index (χ3n) is 1.49. The topological polar surface area (TPSA) is 51.8 Å². The number of rotatable bonds is 0. The molecule has 0 aliphatic heterocycles. The van der Waals surface area contributed by atoms with Crippen LogP contribution in [0.15, 0.2) is 10.7 Å². The van der Waals surface area contributed by atoms with Gasteiger partial charge in [0.05, 0.1) is 11.9 Å². The Morgan fingerprint density at radius 2 is 1.60 bits per heavy atom. The summed E-state index contributed by atoms with van der Waals surface area (Å²) in [4.78, 5) is 8.26. The van der Waals surface area contributed by atoms with Crippen molar-refractivity contribution in [3.8, 4) is 0 Å². The molecule has 0 N–H and O–H groups in total. The fourth-order valence-corrected chi connectivity index (χ4v) is 1.06. The standard InChI is InChI=1S/C7H7N3O.2C2H6/c1-4-7-6(3-8-11-7)10-5(2)9-4;2*1-2/h3H,1-2H3;2*1-2H3. The van der Waals surface area contributed by atoms with Gasteiger partial charge in [-0.15, -0.1) is 0 Å². The lowest BCUT2D eigenvalue weighted by atomic mass is 10.4. The summed E-state index contributed by atoms with van der Waals surface area (Å²) >= 11 is 0. The minimum Gasteiger partial charge on any atom is -0.353 e. The first-order valence-corrected chi connectivity index (χ1v) is 5.33. The first-order valence-electron chi connectivity index (χ1n) is 5.33. The van der Waals surface area contributed by atoms with Crippen LogP contribution in [0.3, 0.4) is 0 Å². The monoisotopic (exact) mass is 209 g/mol. The van der Waals surface area contributed by atoms with Crippen LogP contribution in [0.25, 0.3) is 11.1 Å². The smallest absolute Gasteiger partial charge is 0.206 e. The van der Waals surface area contributed by atoms with Crippen LogP contribution in [-0.2, 0) is 0 Å². The molecule has 15 heavy (non-hydrogen) atoms. The molecule has 84 valence electrons. The summed E-state index contributed by atoms with van der Waals surface area (Å²) in [5, 5.41) is 3.63. The van der Waals surface area contributed by atoms with E-state index in [0.717, 1.165) is 17.0 Å². The zero-order valence-corrected chi connectivity index (χ0v) is 10.3. The number of aromatic nitrogens is 3. The summed E-state index contributed by atoms with van der Waals surface area (Å²) in [6, 6.07) is 0. The molecule has 0 saturated heterocycles. The Bertz CT molecular complexity index is 396. The van der Waals surface area contributed by atoms with E-state index in [4.69, 9.17) is 4.52 Å². The lowest BCUT2D eigenvalue weighted by molar-refractivity contribution is 0.453. The molecule has 0 saturated carbocycles.